The average Bonchev–Trinajstić information content (AvgIpc) is 2.81. The summed E-state index contributed by atoms with van der Waals surface area (Å²) >= 11 is 5.97. The van der Waals surface area contributed by atoms with Crippen molar-refractivity contribution in [2.24, 2.45) is 0 Å². The Bertz CT molecular complexity index is 1080. The van der Waals surface area contributed by atoms with Crippen LogP contribution in [0.5, 0.6) is 5.75 Å². The van der Waals surface area contributed by atoms with Gasteiger partial charge in [0.1, 0.15) is 11.8 Å². The Morgan fingerprint density at radius 1 is 1.06 bits per heavy atom. The summed E-state index contributed by atoms with van der Waals surface area (Å²) in [4.78, 5) is 27.2. The van der Waals surface area contributed by atoms with Crippen LogP contribution < -0.4 is 14.4 Å². The molecule has 2 aromatic carbocycles. The standard InChI is InChI=1S/C25H34ClN3O5S/c1-5-27-25(31)19(3)28(18-20-9-11-21(26)12-10-20)24(30)8-7-17-29(35(4,32)33)22-13-15-23(16-14-22)34-6-2/h9-16,19H,5-8,17-18H2,1-4H3,(H,27,31). The van der Waals surface area contributed by atoms with Gasteiger partial charge in [-0.15, -0.1) is 0 Å². The topological polar surface area (TPSA) is 96.0 Å². The highest BCUT2D eigenvalue weighted by Crippen LogP contribution is 2.23. The first-order valence-corrected chi connectivity index (χ1v) is 13.8. The van der Waals surface area contributed by atoms with Crippen molar-refractivity contribution in [3.8, 4) is 5.75 Å². The Kier molecular flexibility index (Phi) is 10.9. The van der Waals surface area contributed by atoms with Gasteiger partial charge < -0.3 is 15.0 Å². The highest BCUT2D eigenvalue weighted by atomic mass is 35.5. The fourth-order valence-electron chi connectivity index (χ4n) is 3.57. The van der Waals surface area contributed by atoms with Gasteiger partial charge in [-0.25, -0.2) is 8.42 Å². The fourth-order valence-corrected chi connectivity index (χ4v) is 4.66. The maximum absolute atomic E-state index is 13.2. The molecule has 8 nitrogen and oxygen atoms in total. The van der Waals surface area contributed by atoms with Gasteiger partial charge in [-0.3, -0.25) is 13.9 Å². The van der Waals surface area contributed by atoms with Crippen LogP contribution in [0.15, 0.2) is 48.5 Å². The fraction of sp³-hybridized carbons (Fsp3) is 0.440. The zero-order chi connectivity index (χ0) is 26.0. The van der Waals surface area contributed by atoms with Gasteiger partial charge in [0.05, 0.1) is 18.6 Å². The lowest BCUT2D eigenvalue weighted by Gasteiger charge is -2.29. The van der Waals surface area contributed by atoms with E-state index in [-0.39, 0.29) is 31.3 Å². The second-order valence-electron chi connectivity index (χ2n) is 8.08. The zero-order valence-electron chi connectivity index (χ0n) is 20.7. The number of carbonyl (C=O) groups is 2. The highest BCUT2D eigenvalue weighted by Gasteiger charge is 2.26. The molecule has 0 aromatic heterocycles. The highest BCUT2D eigenvalue weighted by molar-refractivity contribution is 7.92. The van der Waals surface area contributed by atoms with E-state index in [1.54, 1.807) is 43.3 Å². The number of hydrogen-bond acceptors (Lipinski definition) is 5. The van der Waals surface area contributed by atoms with E-state index in [0.29, 0.717) is 36.0 Å². The van der Waals surface area contributed by atoms with E-state index in [1.807, 2.05) is 26.0 Å². The number of likely N-dealkylation sites (N-methyl/N-ethyl adjacent to an activating group) is 1. The molecule has 0 saturated carbocycles. The summed E-state index contributed by atoms with van der Waals surface area (Å²) in [5.74, 6) is 0.165. The Labute approximate surface area is 213 Å². The lowest BCUT2D eigenvalue weighted by molar-refractivity contribution is -0.140. The summed E-state index contributed by atoms with van der Waals surface area (Å²) in [5, 5.41) is 3.34. The summed E-state index contributed by atoms with van der Waals surface area (Å²) in [6.07, 6.45) is 1.51. The summed E-state index contributed by atoms with van der Waals surface area (Å²) in [7, 11) is -3.56. The van der Waals surface area contributed by atoms with Crippen LogP contribution in [-0.4, -0.2) is 57.1 Å². The van der Waals surface area contributed by atoms with Crippen molar-refractivity contribution in [3.05, 3.63) is 59.1 Å². The Hall–Kier alpha value is -2.78. The summed E-state index contributed by atoms with van der Waals surface area (Å²) in [6.45, 7) is 6.71. The van der Waals surface area contributed by atoms with E-state index in [9.17, 15) is 18.0 Å². The molecule has 0 spiro atoms. The molecule has 0 heterocycles. The van der Waals surface area contributed by atoms with E-state index in [0.717, 1.165) is 11.8 Å². The lowest BCUT2D eigenvalue weighted by atomic mass is 10.1. The molecule has 0 aliphatic heterocycles. The van der Waals surface area contributed by atoms with Crippen LogP contribution in [0.2, 0.25) is 5.02 Å². The van der Waals surface area contributed by atoms with Gasteiger partial charge in [0.25, 0.3) is 0 Å². The van der Waals surface area contributed by atoms with Crippen molar-refractivity contribution < 1.29 is 22.7 Å². The first-order chi connectivity index (χ1) is 16.6. The van der Waals surface area contributed by atoms with Gasteiger partial charge in [-0.1, -0.05) is 23.7 Å². The predicted octanol–water partition coefficient (Wildman–Crippen LogP) is 3.84. The number of nitrogens with zero attached hydrogens (tertiary/aromatic N) is 2. The Balaban J connectivity index is 2.13. The maximum Gasteiger partial charge on any atom is 0.242 e. The monoisotopic (exact) mass is 523 g/mol. The number of rotatable bonds is 13. The van der Waals surface area contributed by atoms with Crippen molar-refractivity contribution in [2.45, 2.75) is 46.2 Å². The number of nitrogens with one attached hydrogen (secondary N) is 1. The average molecular weight is 524 g/mol. The molecular formula is C25H34ClN3O5S. The van der Waals surface area contributed by atoms with Crippen LogP contribution in [-0.2, 0) is 26.2 Å². The molecule has 10 heteroatoms. The van der Waals surface area contributed by atoms with Crippen LogP contribution in [0.25, 0.3) is 0 Å². The smallest absolute Gasteiger partial charge is 0.242 e. The lowest BCUT2D eigenvalue weighted by Crippen LogP contribution is -2.47. The van der Waals surface area contributed by atoms with Crippen molar-refractivity contribution in [1.82, 2.24) is 10.2 Å². The van der Waals surface area contributed by atoms with Gasteiger partial charge in [-0.2, -0.15) is 0 Å². The third-order valence-electron chi connectivity index (χ3n) is 5.37. The van der Waals surface area contributed by atoms with Crippen LogP contribution >= 0.6 is 11.6 Å². The van der Waals surface area contributed by atoms with Crippen LogP contribution in [0.3, 0.4) is 0 Å². The molecule has 2 amide bonds. The van der Waals surface area contributed by atoms with E-state index in [2.05, 4.69) is 5.32 Å². The quantitative estimate of drug-likeness (QED) is 0.430. The van der Waals surface area contributed by atoms with Gasteiger partial charge in [-0.05, 0) is 69.2 Å². The Morgan fingerprint density at radius 2 is 1.69 bits per heavy atom. The van der Waals surface area contributed by atoms with Crippen LogP contribution in [0.4, 0.5) is 5.69 Å². The Morgan fingerprint density at radius 3 is 2.23 bits per heavy atom. The molecule has 0 saturated heterocycles. The van der Waals surface area contributed by atoms with Crippen LogP contribution in [0, 0.1) is 0 Å². The molecule has 1 N–H and O–H groups in total. The molecule has 0 aliphatic rings. The van der Waals surface area contributed by atoms with Gasteiger partial charge in [0.15, 0.2) is 0 Å². The molecule has 2 rings (SSSR count). The van der Waals surface area contributed by atoms with Gasteiger partial charge in [0.2, 0.25) is 21.8 Å². The zero-order valence-corrected chi connectivity index (χ0v) is 22.2. The first kappa shape index (κ1) is 28.5. The van der Waals surface area contributed by atoms with E-state index in [1.165, 1.54) is 9.21 Å². The summed E-state index contributed by atoms with van der Waals surface area (Å²) < 4.78 is 31.5. The summed E-state index contributed by atoms with van der Waals surface area (Å²) in [5.41, 5.74) is 1.34. The minimum atomic E-state index is -3.56. The van der Waals surface area contributed by atoms with Crippen molar-refractivity contribution in [3.63, 3.8) is 0 Å². The third kappa shape index (κ3) is 8.74. The number of ether oxygens (including phenoxy) is 1. The minimum absolute atomic E-state index is 0.0837. The summed E-state index contributed by atoms with van der Waals surface area (Å²) in [6, 6.07) is 13.2. The largest absolute Gasteiger partial charge is 0.494 e. The first-order valence-electron chi connectivity index (χ1n) is 11.6. The number of carbonyl (C=O) groups excluding carboxylic acids is 2. The molecule has 0 aliphatic carbocycles. The maximum atomic E-state index is 13.2. The molecule has 35 heavy (non-hydrogen) atoms. The van der Waals surface area contributed by atoms with Gasteiger partial charge in [0, 0.05) is 31.1 Å². The van der Waals surface area contributed by atoms with Gasteiger partial charge >= 0.3 is 0 Å². The number of anilines is 1. The van der Waals surface area contributed by atoms with Crippen molar-refractivity contribution >= 4 is 39.1 Å². The SMILES string of the molecule is CCNC(=O)C(C)N(Cc1ccc(Cl)cc1)C(=O)CCCN(c1ccc(OCC)cc1)S(C)(=O)=O. The second kappa shape index (κ2) is 13.3. The normalized spacial score (nSPS) is 12.0. The van der Waals surface area contributed by atoms with Crippen molar-refractivity contribution in [1.29, 1.82) is 0 Å². The molecule has 0 fully saturated rings. The minimum Gasteiger partial charge on any atom is -0.494 e. The molecule has 0 bridgehead atoms. The van der Waals surface area contributed by atoms with E-state index >= 15 is 0 Å². The van der Waals surface area contributed by atoms with E-state index in [4.69, 9.17) is 16.3 Å². The number of benzene rings is 2. The molecule has 192 valence electrons. The molecule has 1 unspecified atom stereocenters. The molecule has 2 aromatic rings. The van der Waals surface area contributed by atoms with Crippen molar-refractivity contribution in [2.75, 3.05) is 30.3 Å². The second-order valence-corrected chi connectivity index (χ2v) is 10.4. The third-order valence-corrected chi connectivity index (χ3v) is 6.82. The number of hydrogen-bond donors (Lipinski definition) is 1. The number of halogens is 1. The number of sulfonamides is 1. The molecular weight excluding hydrogens is 490 g/mol. The molecule has 1 atom stereocenters. The number of amides is 2. The molecule has 0 radical (unpaired) electrons. The predicted molar refractivity (Wildman–Crippen MR) is 139 cm³/mol. The van der Waals surface area contributed by atoms with E-state index < -0.39 is 16.1 Å². The van der Waals surface area contributed by atoms with Crippen LogP contribution in [0.1, 0.15) is 39.2 Å².